The van der Waals surface area contributed by atoms with E-state index >= 15 is 0 Å². The number of benzene rings is 4. The lowest BCUT2D eigenvalue weighted by molar-refractivity contribution is -0.119. The number of fused-ring (bicyclic) bond motifs is 1. The van der Waals surface area contributed by atoms with Crippen LogP contribution in [-0.4, -0.2) is 20.9 Å². The van der Waals surface area contributed by atoms with Gasteiger partial charge in [0.25, 0.3) is 10.0 Å². The molecule has 0 fully saturated rings. The van der Waals surface area contributed by atoms with E-state index < -0.39 is 15.9 Å². The largest absolute Gasteiger partial charge is 0.350 e. The summed E-state index contributed by atoms with van der Waals surface area (Å²) in [7, 11) is -4.00. The monoisotopic (exact) mass is 492 g/mol. The van der Waals surface area contributed by atoms with Crippen molar-refractivity contribution in [3.8, 4) is 0 Å². The van der Waals surface area contributed by atoms with Crippen LogP contribution in [0.3, 0.4) is 0 Å². The van der Waals surface area contributed by atoms with Crippen molar-refractivity contribution < 1.29 is 13.2 Å². The van der Waals surface area contributed by atoms with Gasteiger partial charge in [0.15, 0.2) is 0 Å². The molecule has 1 amide bonds. The molecule has 0 spiro atoms. The van der Waals surface area contributed by atoms with Gasteiger partial charge >= 0.3 is 0 Å². The molecule has 34 heavy (non-hydrogen) atoms. The zero-order valence-corrected chi connectivity index (χ0v) is 20.5. The summed E-state index contributed by atoms with van der Waals surface area (Å²) in [6.07, 6.45) is 0. The van der Waals surface area contributed by atoms with Crippen LogP contribution in [0.1, 0.15) is 16.7 Å². The average Bonchev–Trinajstić information content (AvgIpc) is 2.83. The van der Waals surface area contributed by atoms with E-state index in [1.807, 2.05) is 62.4 Å². The zero-order chi connectivity index (χ0) is 24.3. The van der Waals surface area contributed by atoms with E-state index in [9.17, 15) is 13.2 Å². The molecule has 174 valence electrons. The lowest BCUT2D eigenvalue weighted by Gasteiger charge is -2.25. The lowest BCUT2D eigenvalue weighted by Crippen LogP contribution is -2.40. The number of rotatable bonds is 7. The van der Waals surface area contributed by atoms with Gasteiger partial charge in [-0.15, -0.1) is 0 Å². The topological polar surface area (TPSA) is 66.5 Å². The molecule has 0 heterocycles. The molecule has 0 saturated heterocycles. The molecule has 0 atom stereocenters. The molecule has 0 radical (unpaired) electrons. The number of hydrogen-bond acceptors (Lipinski definition) is 3. The first-order valence-electron chi connectivity index (χ1n) is 10.8. The fraction of sp³-hybridized carbons (Fsp3) is 0.148. The third-order valence-electron chi connectivity index (χ3n) is 5.82. The minimum atomic E-state index is -4.00. The maximum absolute atomic E-state index is 13.5. The quantitative estimate of drug-likeness (QED) is 0.364. The van der Waals surface area contributed by atoms with Crippen LogP contribution < -0.4 is 9.62 Å². The van der Waals surface area contributed by atoms with E-state index in [-0.39, 0.29) is 11.4 Å². The van der Waals surface area contributed by atoms with Crippen LogP contribution in [0.15, 0.2) is 89.8 Å². The minimum absolute atomic E-state index is 0.0666. The van der Waals surface area contributed by atoms with E-state index in [1.165, 1.54) is 24.3 Å². The summed E-state index contributed by atoms with van der Waals surface area (Å²) in [5.41, 5.74) is 3.36. The molecule has 0 saturated carbocycles. The Bertz CT molecular complexity index is 1450. The summed E-state index contributed by atoms with van der Waals surface area (Å²) in [5, 5.41) is 5.44. The summed E-state index contributed by atoms with van der Waals surface area (Å²) in [4.78, 5) is 13.0. The second-order valence-corrected chi connectivity index (χ2v) is 10.4. The predicted octanol–water partition coefficient (Wildman–Crippen LogP) is 5.62. The average molecular weight is 493 g/mol. The first-order valence-corrected chi connectivity index (χ1v) is 12.7. The number of sulfonamides is 1. The second-order valence-electron chi connectivity index (χ2n) is 8.15. The number of nitrogens with one attached hydrogen (secondary N) is 1. The SMILES string of the molecule is Cc1ccc(N(CC(=O)NCc2cccc3ccccc23)S(=O)(=O)c2ccc(Cl)cc2)cc1C. The van der Waals surface area contributed by atoms with E-state index in [2.05, 4.69) is 5.32 Å². The van der Waals surface area contributed by atoms with Crippen molar-refractivity contribution in [2.75, 3.05) is 10.8 Å². The van der Waals surface area contributed by atoms with Gasteiger partial charge < -0.3 is 5.32 Å². The maximum Gasteiger partial charge on any atom is 0.264 e. The van der Waals surface area contributed by atoms with Gasteiger partial charge in [0.05, 0.1) is 10.6 Å². The Balaban J connectivity index is 1.61. The number of anilines is 1. The molecule has 0 aliphatic carbocycles. The number of carbonyl (C=O) groups is 1. The Morgan fingerprint density at radius 3 is 2.32 bits per heavy atom. The van der Waals surface area contributed by atoms with Gasteiger partial charge in [0.1, 0.15) is 6.54 Å². The highest BCUT2D eigenvalue weighted by Crippen LogP contribution is 2.26. The summed E-state index contributed by atoms with van der Waals surface area (Å²) in [6.45, 7) is 3.81. The number of aryl methyl sites for hydroxylation is 2. The van der Waals surface area contributed by atoms with Crippen molar-refractivity contribution >= 4 is 44.0 Å². The van der Waals surface area contributed by atoms with Gasteiger partial charge in [-0.3, -0.25) is 9.10 Å². The molecule has 4 aromatic rings. The standard InChI is InChI=1S/C27H25ClN2O3S/c1-19-10-13-24(16-20(19)2)30(34(32,33)25-14-11-23(28)12-15-25)18-27(31)29-17-22-8-5-7-21-6-3-4-9-26(21)22/h3-16H,17-18H2,1-2H3,(H,29,31). The summed E-state index contributed by atoms with van der Waals surface area (Å²) < 4.78 is 28.2. The predicted molar refractivity (Wildman–Crippen MR) is 138 cm³/mol. The van der Waals surface area contributed by atoms with Gasteiger partial charge in [-0.2, -0.15) is 0 Å². The molecule has 0 aromatic heterocycles. The number of amides is 1. The molecule has 0 aliphatic rings. The Morgan fingerprint density at radius 2 is 1.59 bits per heavy atom. The molecular formula is C27H25ClN2O3S. The van der Waals surface area contributed by atoms with E-state index in [4.69, 9.17) is 11.6 Å². The van der Waals surface area contributed by atoms with Gasteiger partial charge in [0, 0.05) is 11.6 Å². The molecule has 7 heteroatoms. The van der Waals surface area contributed by atoms with Crippen molar-refractivity contribution in [3.05, 3.63) is 107 Å². The Morgan fingerprint density at radius 1 is 0.882 bits per heavy atom. The van der Waals surface area contributed by atoms with Crippen LogP contribution >= 0.6 is 11.6 Å². The number of halogens is 1. The van der Waals surface area contributed by atoms with Crippen LogP contribution in [0.5, 0.6) is 0 Å². The lowest BCUT2D eigenvalue weighted by atomic mass is 10.0. The van der Waals surface area contributed by atoms with Gasteiger partial charge in [0.2, 0.25) is 5.91 Å². The van der Waals surface area contributed by atoms with E-state index in [1.54, 1.807) is 12.1 Å². The highest BCUT2D eigenvalue weighted by atomic mass is 35.5. The van der Waals surface area contributed by atoms with Crippen molar-refractivity contribution in [2.24, 2.45) is 0 Å². The number of hydrogen-bond donors (Lipinski definition) is 1. The smallest absolute Gasteiger partial charge is 0.264 e. The Kier molecular flexibility index (Phi) is 6.91. The van der Waals surface area contributed by atoms with E-state index in [0.717, 1.165) is 31.8 Å². The normalized spacial score (nSPS) is 11.4. The van der Waals surface area contributed by atoms with Gasteiger partial charge in [-0.05, 0) is 77.7 Å². The van der Waals surface area contributed by atoms with Crippen LogP contribution in [-0.2, 0) is 21.4 Å². The molecule has 4 aromatic carbocycles. The number of carbonyl (C=O) groups excluding carboxylic acids is 1. The second kappa shape index (κ2) is 9.87. The Hall–Kier alpha value is -3.35. The van der Waals surface area contributed by atoms with Crippen LogP contribution in [0.25, 0.3) is 10.8 Å². The van der Waals surface area contributed by atoms with Crippen LogP contribution in [0.2, 0.25) is 5.02 Å². The highest BCUT2D eigenvalue weighted by Gasteiger charge is 2.27. The highest BCUT2D eigenvalue weighted by molar-refractivity contribution is 7.92. The first kappa shape index (κ1) is 23.8. The van der Waals surface area contributed by atoms with E-state index in [0.29, 0.717) is 17.3 Å². The number of nitrogens with zero attached hydrogens (tertiary/aromatic N) is 1. The zero-order valence-electron chi connectivity index (χ0n) is 19.0. The van der Waals surface area contributed by atoms with Crippen LogP contribution in [0, 0.1) is 13.8 Å². The van der Waals surface area contributed by atoms with Crippen LogP contribution in [0.4, 0.5) is 5.69 Å². The Labute approximate surface area is 205 Å². The van der Waals surface area contributed by atoms with Gasteiger partial charge in [-0.25, -0.2) is 8.42 Å². The third kappa shape index (κ3) is 5.08. The molecule has 4 rings (SSSR count). The van der Waals surface area contributed by atoms with Crippen molar-refractivity contribution in [3.63, 3.8) is 0 Å². The molecule has 0 aliphatic heterocycles. The molecule has 1 N–H and O–H groups in total. The third-order valence-corrected chi connectivity index (χ3v) is 7.86. The first-order chi connectivity index (χ1) is 16.3. The molecule has 0 unspecified atom stereocenters. The summed E-state index contributed by atoms with van der Waals surface area (Å²) >= 11 is 5.95. The molecule has 0 bridgehead atoms. The van der Waals surface area contributed by atoms with Crippen molar-refractivity contribution in [1.82, 2.24) is 5.32 Å². The maximum atomic E-state index is 13.5. The summed E-state index contributed by atoms with van der Waals surface area (Å²) in [6, 6.07) is 25.1. The van der Waals surface area contributed by atoms with Gasteiger partial charge in [-0.1, -0.05) is 60.1 Å². The summed E-state index contributed by atoms with van der Waals surface area (Å²) in [5.74, 6) is -0.399. The molecule has 5 nitrogen and oxygen atoms in total. The molecular weight excluding hydrogens is 468 g/mol. The minimum Gasteiger partial charge on any atom is -0.350 e. The van der Waals surface area contributed by atoms with Crippen molar-refractivity contribution in [2.45, 2.75) is 25.3 Å². The fourth-order valence-corrected chi connectivity index (χ4v) is 5.30. The van der Waals surface area contributed by atoms with Crippen molar-refractivity contribution in [1.29, 1.82) is 0 Å². The fourth-order valence-electron chi connectivity index (χ4n) is 3.76.